The van der Waals surface area contributed by atoms with Crippen molar-refractivity contribution in [2.45, 2.75) is 50.5 Å². The molecule has 1 aliphatic rings. The van der Waals surface area contributed by atoms with Crippen LogP contribution >= 0.6 is 0 Å². The molecule has 1 saturated carbocycles. The summed E-state index contributed by atoms with van der Waals surface area (Å²) in [5, 5.41) is 0. The molecule has 20 heavy (non-hydrogen) atoms. The van der Waals surface area contributed by atoms with Crippen molar-refractivity contribution in [2.24, 2.45) is 11.7 Å². The lowest BCUT2D eigenvalue weighted by atomic mass is 9.74. The van der Waals surface area contributed by atoms with Gasteiger partial charge in [0.2, 0.25) is 0 Å². The summed E-state index contributed by atoms with van der Waals surface area (Å²) < 4.78 is 4.85. The third kappa shape index (κ3) is 3.83. The van der Waals surface area contributed by atoms with Crippen LogP contribution in [0.2, 0.25) is 0 Å². The lowest BCUT2D eigenvalue weighted by molar-refractivity contribution is -0.149. The van der Waals surface area contributed by atoms with Crippen molar-refractivity contribution in [3.63, 3.8) is 0 Å². The third-order valence-electron chi connectivity index (χ3n) is 4.40. The van der Waals surface area contributed by atoms with E-state index in [1.54, 1.807) is 0 Å². The maximum absolute atomic E-state index is 11.8. The van der Waals surface area contributed by atoms with E-state index in [9.17, 15) is 4.79 Å². The lowest BCUT2D eigenvalue weighted by Gasteiger charge is -2.35. The Labute approximate surface area is 121 Å². The maximum atomic E-state index is 11.8. The smallest absolute Gasteiger partial charge is 0.325 e. The predicted molar refractivity (Wildman–Crippen MR) is 80.3 cm³/mol. The number of esters is 1. The Morgan fingerprint density at radius 3 is 2.85 bits per heavy atom. The van der Waals surface area contributed by atoms with E-state index in [-0.39, 0.29) is 5.97 Å². The van der Waals surface area contributed by atoms with Crippen LogP contribution in [0, 0.1) is 5.92 Å². The Bertz CT molecular complexity index is 432. The molecule has 0 amide bonds. The van der Waals surface area contributed by atoms with Crippen molar-refractivity contribution in [1.29, 1.82) is 0 Å². The number of methoxy groups -OCH3 is 1. The van der Waals surface area contributed by atoms with Crippen LogP contribution in [0.3, 0.4) is 0 Å². The van der Waals surface area contributed by atoms with Crippen LogP contribution in [0.1, 0.15) is 44.1 Å². The minimum Gasteiger partial charge on any atom is -0.468 e. The van der Waals surface area contributed by atoms with Gasteiger partial charge in [0.1, 0.15) is 5.54 Å². The number of carbonyl (C=O) groups is 1. The normalized spacial score (nSPS) is 26.2. The highest BCUT2D eigenvalue weighted by Crippen LogP contribution is 2.34. The van der Waals surface area contributed by atoms with Crippen LogP contribution in [0.15, 0.2) is 30.3 Å². The fourth-order valence-corrected chi connectivity index (χ4v) is 3.30. The fraction of sp³-hybridized carbons (Fsp3) is 0.588. The molecule has 1 aromatic carbocycles. The first-order valence-corrected chi connectivity index (χ1v) is 7.55. The first-order valence-electron chi connectivity index (χ1n) is 7.55. The molecule has 3 nitrogen and oxygen atoms in total. The number of carbonyl (C=O) groups excluding carboxylic acids is 1. The van der Waals surface area contributed by atoms with E-state index >= 15 is 0 Å². The van der Waals surface area contributed by atoms with E-state index in [0.717, 1.165) is 38.5 Å². The minimum absolute atomic E-state index is 0.245. The van der Waals surface area contributed by atoms with Crippen molar-refractivity contribution in [1.82, 2.24) is 0 Å². The molecule has 2 unspecified atom stereocenters. The van der Waals surface area contributed by atoms with E-state index in [1.165, 1.54) is 19.1 Å². The van der Waals surface area contributed by atoms with Gasteiger partial charge in [0, 0.05) is 0 Å². The Balaban J connectivity index is 1.80. The maximum Gasteiger partial charge on any atom is 0.325 e. The molecule has 0 aliphatic heterocycles. The average Bonchev–Trinajstić information content (AvgIpc) is 2.47. The predicted octanol–water partition coefficient (Wildman–Crippen LogP) is 3.07. The first kappa shape index (κ1) is 15.0. The van der Waals surface area contributed by atoms with Crippen molar-refractivity contribution >= 4 is 5.97 Å². The molecular weight excluding hydrogens is 250 g/mol. The number of nitrogens with two attached hydrogens (primary N) is 1. The first-order chi connectivity index (χ1) is 9.64. The zero-order chi connectivity index (χ0) is 14.4. The Kier molecular flexibility index (Phi) is 5.18. The molecule has 1 fully saturated rings. The van der Waals surface area contributed by atoms with Crippen molar-refractivity contribution in [3.05, 3.63) is 35.9 Å². The van der Waals surface area contributed by atoms with Gasteiger partial charge in [0.05, 0.1) is 7.11 Å². The van der Waals surface area contributed by atoms with Crippen LogP contribution in [-0.4, -0.2) is 18.6 Å². The molecule has 0 spiro atoms. The molecule has 0 aromatic heterocycles. The van der Waals surface area contributed by atoms with Gasteiger partial charge in [-0.3, -0.25) is 4.79 Å². The van der Waals surface area contributed by atoms with Gasteiger partial charge in [0.25, 0.3) is 0 Å². The van der Waals surface area contributed by atoms with Gasteiger partial charge >= 0.3 is 5.97 Å². The van der Waals surface area contributed by atoms with Gasteiger partial charge in [-0.2, -0.15) is 0 Å². The van der Waals surface area contributed by atoms with Gasteiger partial charge < -0.3 is 10.5 Å². The van der Waals surface area contributed by atoms with E-state index in [1.807, 2.05) is 6.07 Å². The summed E-state index contributed by atoms with van der Waals surface area (Å²) in [5.74, 6) is 0.307. The molecule has 2 rings (SSSR count). The highest BCUT2D eigenvalue weighted by Gasteiger charge is 2.39. The second kappa shape index (κ2) is 6.89. The van der Waals surface area contributed by atoms with Gasteiger partial charge in [-0.25, -0.2) is 0 Å². The molecule has 3 heteroatoms. The van der Waals surface area contributed by atoms with Gasteiger partial charge in [-0.05, 0) is 37.2 Å². The van der Waals surface area contributed by atoms with E-state index < -0.39 is 5.54 Å². The van der Waals surface area contributed by atoms with Crippen LogP contribution < -0.4 is 5.73 Å². The number of hydrogen-bond acceptors (Lipinski definition) is 3. The zero-order valence-corrected chi connectivity index (χ0v) is 12.3. The summed E-state index contributed by atoms with van der Waals surface area (Å²) in [5.41, 5.74) is 6.85. The fourth-order valence-electron chi connectivity index (χ4n) is 3.30. The van der Waals surface area contributed by atoms with E-state index in [4.69, 9.17) is 10.5 Å². The molecular formula is C17H25NO2. The third-order valence-corrected chi connectivity index (χ3v) is 4.40. The highest BCUT2D eigenvalue weighted by atomic mass is 16.5. The minimum atomic E-state index is -0.746. The van der Waals surface area contributed by atoms with Crippen LogP contribution in [-0.2, 0) is 16.0 Å². The number of benzene rings is 1. The van der Waals surface area contributed by atoms with Gasteiger partial charge in [-0.1, -0.05) is 49.6 Å². The van der Waals surface area contributed by atoms with E-state index in [2.05, 4.69) is 24.3 Å². The van der Waals surface area contributed by atoms with Crippen molar-refractivity contribution < 1.29 is 9.53 Å². The van der Waals surface area contributed by atoms with Crippen LogP contribution in [0.25, 0.3) is 0 Å². The molecule has 2 N–H and O–H groups in total. The molecule has 1 aliphatic carbocycles. The van der Waals surface area contributed by atoms with Crippen LogP contribution in [0.4, 0.5) is 0 Å². The number of hydrogen-bond donors (Lipinski definition) is 1. The SMILES string of the molecule is COC(=O)C1(N)CCCC(CCCc2ccccc2)C1. The largest absolute Gasteiger partial charge is 0.468 e. The quantitative estimate of drug-likeness (QED) is 0.840. The second-order valence-electron chi connectivity index (χ2n) is 5.99. The molecule has 110 valence electrons. The Morgan fingerprint density at radius 2 is 2.15 bits per heavy atom. The monoisotopic (exact) mass is 275 g/mol. The lowest BCUT2D eigenvalue weighted by Crippen LogP contribution is -2.51. The van der Waals surface area contributed by atoms with Crippen LogP contribution in [0.5, 0.6) is 0 Å². The van der Waals surface area contributed by atoms with Gasteiger partial charge in [-0.15, -0.1) is 0 Å². The summed E-state index contributed by atoms with van der Waals surface area (Å²) >= 11 is 0. The topological polar surface area (TPSA) is 52.3 Å². The molecule has 0 saturated heterocycles. The summed E-state index contributed by atoms with van der Waals surface area (Å²) in [4.78, 5) is 11.8. The molecule has 0 radical (unpaired) electrons. The highest BCUT2D eigenvalue weighted by molar-refractivity contribution is 5.80. The molecule has 0 heterocycles. The Hall–Kier alpha value is -1.35. The van der Waals surface area contributed by atoms with Gasteiger partial charge in [0.15, 0.2) is 0 Å². The average molecular weight is 275 g/mol. The molecule has 2 atom stereocenters. The van der Waals surface area contributed by atoms with Crippen molar-refractivity contribution in [2.75, 3.05) is 7.11 Å². The molecule has 0 bridgehead atoms. The Morgan fingerprint density at radius 1 is 1.40 bits per heavy atom. The second-order valence-corrected chi connectivity index (χ2v) is 5.99. The van der Waals surface area contributed by atoms with E-state index in [0.29, 0.717) is 5.92 Å². The van der Waals surface area contributed by atoms with Crippen molar-refractivity contribution in [3.8, 4) is 0 Å². The molecule has 1 aromatic rings. The number of aryl methyl sites for hydroxylation is 1. The summed E-state index contributed by atoms with van der Waals surface area (Å²) in [7, 11) is 1.43. The summed E-state index contributed by atoms with van der Waals surface area (Å²) in [6.07, 6.45) is 7.15. The number of rotatable bonds is 5. The summed E-state index contributed by atoms with van der Waals surface area (Å²) in [6.45, 7) is 0. The summed E-state index contributed by atoms with van der Waals surface area (Å²) in [6, 6.07) is 10.5. The zero-order valence-electron chi connectivity index (χ0n) is 12.3. The standard InChI is InChI=1S/C17H25NO2/c1-20-16(19)17(18)12-6-11-15(13-17)10-5-9-14-7-3-2-4-8-14/h2-4,7-8,15H,5-6,9-13,18H2,1H3. The number of ether oxygens (including phenoxy) is 1.